The number of nitrogens with one attached hydrogen (secondary N) is 1. The summed E-state index contributed by atoms with van der Waals surface area (Å²) in [6, 6.07) is 15.9. The zero-order valence-electron chi connectivity index (χ0n) is 13.8. The summed E-state index contributed by atoms with van der Waals surface area (Å²) in [5.74, 6) is -0.403. The monoisotopic (exact) mass is 330 g/mol. The SMILES string of the molecule is CN(CC(=O)NCc1ccc(F)cc1)C(CCO)c1ccccc1. The summed E-state index contributed by atoms with van der Waals surface area (Å²) < 4.78 is 12.9. The molecule has 0 saturated carbocycles. The van der Waals surface area contributed by atoms with Crippen LogP contribution in [0.5, 0.6) is 0 Å². The Bertz CT molecular complexity index is 632. The van der Waals surface area contributed by atoms with Crippen molar-refractivity contribution in [2.45, 2.75) is 19.0 Å². The second-order valence-corrected chi connectivity index (χ2v) is 5.76. The Kier molecular flexibility index (Phi) is 6.90. The van der Waals surface area contributed by atoms with Gasteiger partial charge in [0.25, 0.3) is 0 Å². The van der Waals surface area contributed by atoms with Crippen LogP contribution in [0.2, 0.25) is 0 Å². The van der Waals surface area contributed by atoms with Gasteiger partial charge in [-0.2, -0.15) is 0 Å². The Morgan fingerprint density at radius 2 is 1.83 bits per heavy atom. The van der Waals surface area contributed by atoms with Crippen LogP contribution in [0.25, 0.3) is 0 Å². The van der Waals surface area contributed by atoms with E-state index in [1.807, 2.05) is 42.3 Å². The van der Waals surface area contributed by atoms with E-state index in [1.54, 1.807) is 12.1 Å². The van der Waals surface area contributed by atoms with Gasteiger partial charge in [-0.15, -0.1) is 0 Å². The van der Waals surface area contributed by atoms with Crippen molar-refractivity contribution in [1.29, 1.82) is 0 Å². The molecule has 1 unspecified atom stereocenters. The maximum Gasteiger partial charge on any atom is 0.234 e. The van der Waals surface area contributed by atoms with Gasteiger partial charge < -0.3 is 10.4 Å². The molecule has 0 bridgehead atoms. The Labute approximate surface area is 141 Å². The van der Waals surface area contributed by atoms with Crippen LogP contribution in [0.3, 0.4) is 0 Å². The second kappa shape index (κ2) is 9.15. The molecule has 1 atom stereocenters. The number of halogens is 1. The summed E-state index contributed by atoms with van der Waals surface area (Å²) in [5.41, 5.74) is 1.92. The summed E-state index contributed by atoms with van der Waals surface area (Å²) in [4.78, 5) is 14.1. The maximum absolute atomic E-state index is 12.9. The maximum atomic E-state index is 12.9. The third-order valence-corrected chi connectivity index (χ3v) is 3.91. The van der Waals surface area contributed by atoms with Crippen molar-refractivity contribution in [3.05, 3.63) is 71.5 Å². The van der Waals surface area contributed by atoms with Crippen LogP contribution in [0, 0.1) is 5.82 Å². The van der Waals surface area contributed by atoms with E-state index in [0.29, 0.717) is 13.0 Å². The lowest BCUT2D eigenvalue weighted by Gasteiger charge is -2.27. The number of likely N-dealkylation sites (N-methyl/N-ethyl adjacent to an activating group) is 1. The molecule has 2 aromatic carbocycles. The molecule has 24 heavy (non-hydrogen) atoms. The predicted octanol–water partition coefficient (Wildman–Crippen LogP) is 2.50. The first-order valence-corrected chi connectivity index (χ1v) is 7.97. The standard InChI is InChI=1S/C19H23FN2O2/c1-22(18(11-12-23)16-5-3-2-4-6-16)14-19(24)21-13-15-7-9-17(20)10-8-15/h2-10,18,23H,11-14H2,1H3,(H,21,24). The fourth-order valence-corrected chi connectivity index (χ4v) is 2.63. The highest BCUT2D eigenvalue weighted by Crippen LogP contribution is 2.22. The van der Waals surface area contributed by atoms with Gasteiger partial charge in [0.1, 0.15) is 5.82 Å². The lowest BCUT2D eigenvalue weighted by Crippen LogP contribution is -2.37. The van der Waals surface area contributed by atoms with Gasteiger partial charge >= 0.3 is 0 Å². The molecular weight excluding hydrogens is 307 g/mol. The fraction of sp³-hybridized carbons (Fsp3) is 0.316. The van der Waals surface area contributed by atoms with Crippen LogP contribution in [-0.2, 0) is 11.3 Å². The van der Waals surface area contributed by atoms with E-state index in [0.717, 1.165) is 11.1 Å². The highest BCUT2D eigenvalue weighted by Gasteiger charge is 2.18. The Morgan fingerprint density at radius 1 is 1.17 bits per heavy atom. The lowest BCUT2D eigenvalue weighted by atomic mass is 10.0. The van der Waals surface area contributed by atoms with Gasteiger partial charge in [-0.1, -0.05) is 42.5 Å². The first kappa shape index (κ1) is 18.1. The third kappa shape index (κ3) is 5.44. The van der Waals surface area contributed by atoms with Crippen molar-refractivity contribution in [3.8, 4) is 0 Å². The topological polar surface area (TPSA) is 52.6 Å². The number of aliphatic hydroxyl groups excluding tert-OH is 1. The molecule has 0 saturated heterocycles. The number of hydrogen-bond acceptors (Lipinski definition) is 3. The number of carbonyl (C=O) groups excluding carboxylic acids is 1. The van der Waals surface area contributed by atoms with Crippen LogP contribution >= 0.6 is 0 Å². The van der Waals surface area contributed by atoms with Crippen LogP contribution in [0.1, 0.15) is 23.6 Å². The fourth-order valence-electron chi connectivity index (χ4n) is 2.63. The van der Waals surface area contributed by atoms with E-state index in [1.165, 1.54) is 12.1 Å². The molecule has 2 rings (SSSR count). The molecule has 0 heterocycles. The minimum atomic E-state index is -0.292. The van der Waals surface area contributed by atoms with Crippen LogP contribution in [-0.4, -0.2) is 36.1 Å². The van der Waals surface area contributed by atoms with Gasteiger partial charge in [0.2, 0.25) is 5.91 Å². The van der Waals surface area contributed by atoms with Crippen molar-refractivity contribution < 1.29 is 14.3 Å². The molecule has 0 aliphatic carbocycles. The molecule has 0 aliphatic heterocycles. The lowest BCUT2D eigenvalue weighted by molar-refractivity contribution is -0.122. The highest BCUT2D eigenvalue weighted by atomic mass is 19.1. The van der Waals surface area contributed by atoms with E-state index >= 15 is 0 Å². The van der Waals surface area contributed by atoms with Crippen molar-refractivity contribution in [2.75, 3.05) is 20.2 Å². The zero-order valence-corrected chi connectivity index (χ0v) is 13.8. The third-order valence-electron chi connectivity index (χ3n) is 3.91. The summed E-state index contributed by atoms with van der Waals surface area (Å²) in [6.45, 7) is 0.644. The smallest absolute Gasteiger partial charge is 0.234 e. The van der Waals surface area contributed by atoms with E-state index < -0.39 is 0 Å². The van der Waals surface area contributed by atoms with Crippen LogP contribution in [0.15, 0.2) is 54.6 Å². The summed E-state index contributed by atoms with van der Waals surface area (Å²) in [6.07, 6.45) is 0.561. The number of benzene rings is 2. The van der Waals surface area contributed by atoms with Gasteiger partial charge in [0.15, 0.2) is 0 Å². The first-order valence-electron chi connectivity index (χ1n) is 7.97. The van der Waals surface area contributed by atoms with Crippen LogP contribution in [0.4, 0.5) is 4.39 Å². The van der Waals surface area contributed by atoms with Crippen molar-refractivity contribution in [2.24, 2.45) is 0 Å². The Balaban J connectivity index is 1.90. The number of aliphatic hydroxyl groups is 1. The molecule has 0 spiro atoms. The van der Waals surface area contributed by atoms with E-state index in [4.69, 9.17) is 0 Å². The molecule has 2 aromatic rings. The quantitative estimate of drug-likeness (QED) is 0.782. The molecular formula is C19H23FN2O2. The molecule has 0 aliphatic rings. The largest absolute Gasteiger partial charge is 0.396 e. The average molecular weight is 330 g/mol. The van der Waals surface area contributed by atoms with Gasteiger partial charge in [0, 0.05) is 19.2 Å². The molecule has 0 aromatic heterocycles. The van der Waals surface area contributed by atoms with Crippen molar-refractivity contribution in [3.63, 3.8) is 0 Å². The van der Waals surface area contributed by atoms with Gasteiger partial charge in [-0.25, -0.2) is 4.39 Å². The minimum absolute atomic E-state index is 0.0206. The molecule has 4 nitrogen and oxygen atoms in total. The predicted molar refractivity (Wildman–Crippen MR) is 91.8 cm³/mol. The van der Waals surface area contributed by atoms with Gasteiger partial charge in [0.05, 0.1) is 6.54 Å². The number of rotatable bonds is 8. The van der Waals surface area contributed by atoms with Gasteiger partial charge in [-0.3, -0.25) is 9.69 Å². The molecule has 1 amide bonds. The average Bonchev–Trinajstić information content (AvgIpc) is 2.60. The van der Waals surface area contributed by atoms with Crippen LogP contribution < -0.4 is 5.32 Å². The first-order chi connectivity index (χ1) is 11.6. The van der Waals surface area contributed by atoms with E-state index in [2.05, 4.69) is 5.32 Å². The van der Waals surface area contributed by atoms with E-state index in [-0.39, 0.29) is 30.9 Å². The van der Waals surface area contributed by atoms with Crippen molar-refractivity contribution in [1.82, 2.24) is 10.2 Å². The Hall–Kier alpha value is -2.24. The molecule has 2 N–H and O–H groups in total. The summed E-state index contributed by atoms with van der Waals surface area (Å²) in [7, 11) is 1.87. The number of nitrogens with zero attached hydrogens (tertiary/aromatic N) is 1. The summed E-state index contributed by atoms with van der Waals surface area (Å²) in [5, 5.41) is 12.1. The minimum Gasteiger partial charge on any atom is -0.396 e. The summed E-state index contributed by atoms with van der Waals surface area (Å²) >= 11 is 0. The molecule has 0 fully saturated rings. The van der Waals surface area contributed by atoms with E-state index in [9.17, 15) is 14.3 Å². The normalized spacial score (nSPS) is 12.2. The Morgan fingerprint density at radius 3 is 2.46 bits per heavy atom. The number of carbonyl (C=O) groups is 1. The number of amides is 1. The molecule has 5 heteroatoms. The number of hydrogen-bond donors (Lipinski definition) is 2. The molecule has 128 valence electrons. The van der Waals surface area contributed by atoms with Gasteiger partial charge in [-0.05, 0) is 36.7 Å². The van der Waals surface area contributed by atoms with Crippen molar-refractivity contribution >= 4 is 5.91 Å². The second-order valence-electron chi connectivity index (χ2n) is 5.76. The molecule has 0 radical (unpaired) electrons. The highest BCUT2D eigenvalue weighted by molar-refractivity contribution is 5.78. The zero-order chi connectivity index (χ0) is 17.4.